The zero-order valence-electron chi connectivity index (χ0n) is 20.4. The number of halogens is 1. The maximum absolute atomic E-state index is 15.5. The van der Waals surface area contributed by atoms with Crippen molar-refractivity contribution in [1.82, 2.24) is 4.90 Å². The van der Waals surface area contributed by atoms with Crippen LogP contribution >= 0.6 is 0 Å². The lowest BCUT2D eigenvalue weighted by atomic mass is 9.73. The molecule has 3 aliphatic heterocycles. The Labute approximate surface area is 206 Å². The van der Waals surface area contributed by atoms with E-state index in [0.717, 1.165) is 69.3 Å². The summed E-state index contributed by atoms with van der Waals surface area (Å²) in [5.74, 6) is -0.132. The Kier molecular flexibility index (Phi) is 6.02. The molecular weight excluding hydrogens is 447 g/mol. The maximum atomic E-state index is 15.5. The Bertz CT molecular complexity index is 985. The minimum Gasteiger partial charge on any atom is -0.481 e. The van der Waals surface area contributed by atoms with E-state index in [1.165, 1.54) is 5.56 Å². The largest absolute Gasteiger partial charge is 0.481 e. The molecule has 2 N–H and O–H groups in total. The number of nitrogens with one attached hydrogen (secondary N) is 1. The molecule has 7 heteroatoms. The van der Waals surface area contributed by atoms with E-state index in [1.807, 2.05) is 11.0 Å². The molecule has 4 fully saturated rings. The number of aliphatic carboxylic acids is 1. The summed E-state index contributed by atoms with van der Waals surface area (Å²) in [5, 5.41) is 12.6. The average molecular weight is 485 g/mol. The number of hydrogen-bond acceptors (Lipinski definition) is 4. The smallest absolute Gasteiger partial charge is 0.308 e. The molecule has 2 saturated carbocycles. The molecule has 2 saturated heterocycles. The summed E-state index contributed by atoms with van der Waals surface area (Å²) in [4.78, 5) is 26.0. The van der Waals surface area contributed by atoms with Gasteiger partial charge in [-0.25, -0.2) is 4.39 Å². The summed E-state index contributed by atoms with van der Waals surface area (Å²) < 4.78 is 21.1. The number of benzene rings is 1. The van der Waals surface area contributed by atoms with Gasteiger partial charge in [0.2, 0.25) is 0 Å². The third-order valence-corrected chi connectivity index (χ3v) is 9.83. The first kappa shape index (κ1) is 23.3. The molecule has 35 heavy (non-hydrogen) atoms. The highest BCUT2D eigenvalue weighted by atomic mass is 19.1. The zero-order valence-corrected chi connectivity index (χ0v) is 20.4. The standard InChI is InChI=1S/C28H37FN2O4/c29-23-13-17(18-3-4-19-12-20(27(33)34)16-30-24(19)14-18)5-6-21(23)22-15-28(22)7-9-31(10-8-28)26(32)25-2-1-11-35-25/h3-4,14,17,20-23,25,30H,1-2,5-13,15-16H2,(H,33,34)/t17?,20?,21?,22-,23+,25+/m0/s1. The summed E-state index contributed by atoms with van der Waals surface area (Å²) in [6, 6.07) is 6.25. The van der Waals surface area contributed by atoms with E-state index < -0.39 is 12.1 Å². The Morgan fingerprint density at radius 3 is 2.71 bits per heavy atom. The van der Waals surface area contributed by atoms with Gasteiger partial charge in [-0.15, -0.1) is 0 Å². The van der Waals surface area contributed by atoms with Crippen molar-refractivity contribution >= 4 is 17.6 Å². The molecule has 1 aromatic rings. The van der Waals surface area contributed by atoms with Gasteiger partial charge in [0.15, 0.2) is 0 Å². The molecule has 2 aliphatic carbocycles. The lowest BCUT2D eigenvalue weighted by Gasteiger charge is -2.37. The Hall–Kier alpha value is -2.15. The number of likely N-dealkylation sites (tertiary alicyclic amines) is 1. The monoisotopic (exact) mass is 484 g/mol. The third-order valence-electron chi connectivity index (χ3n) is 9.83. The van der Waals surface area contributed by atoms with Gasteiger partial charge in [-0.05, 0) is 98.1 Å². The second-order valence-corrected chi connectivity index (χ2v) is 11.7. The lowest BCUT2D eigenvalue weighted by molar-refractivity contribution is -0.143. The number of carbonyl (C=O) groups excluding carboxylic acids is 1. The highest BCUT2D eigenvalue weighted by molar-refractivity contribution is 5.81. The number of amides is 1. The van der Waals surface area contributed by atoms with E-state index in [4.69, 9.17) is 4.74 Å². The number of ether oxygens (including phenoxy) is 1. The van der Waals surface area contributed by atoms with Crippen LogP contribution in [0.2, 0.25) is 0 Å². The number of anilines is 1. The van der Waals surface area contributed by atoms with Gasteiger partial charge in [-0.3, -0.25) is 9.59 Å². The molecule has 0 aromatic heterocycles. The normalized spacial score (nSPS) is 35.9. The zero-order chi connectivity index (χ0) is 24.2. The summed E-state index contributed by atoms with van der Waals surface area (Å²) in [6.07, 6.45) is 7.04. The Morgan fingerprint density at radius 1 is 1.17 bits per heavy atom. The van der Waals surface area contributed by atoms with Crippen molar-refractivity contribution in [1.29, 1.82) is 0 Å². The van der Waals surface area contributed by atoms with Crippen molar-refractivity contribution < 1.29 is 23.8 Å². The van der Waals surface area contributed by atoms with Crippen molar-refractivity contribution in [2.75, 3.05) is 31.6 Å². The fourth-order valence-corrected chi connectivity index (χ4v) is 7.54. The molecule has 0 radical (unpaired) electrons. The van der Waals surface area contributed by atoms with Crippen LogP contribution in [-0.4, -0.2) is 60.4 Å². The number of nitrogens with zero attached hydrogens (tertiary/aromatic N) is 1. The van der Waals surface area contributed by atoms with Crippen molar-refractivity contribution in [2.24, 2.45) is 23.2 Å². The van der Waals surface area contributed by atoms with Gasteiger partial charge in [-0.2, -0.15) is 0 Å². The van der Waals surface area contributed by atoms with Gasteiger partial charge in [0, 0.05) is 31.9 Å². The van der Waals surface area contributed by atoms with Crippen LogP contribution in [0.3, 0.4) is 0 Å². The van der Waals surface area contributed by atoms with Crippen LogP contribution in [-0.2, 0) is 20.7 Å². The first-order valence-corrected chi connectivity index (χ1v) is 13.6. The molecule has 6 nitrogen and oxygen atoms in total. The van der Waals surface area contributed by atoms with Gasteiger partial charge in [0.25, 0.3) is 5.91 Å². The highest BCUT2D eigenvalue weighted by Gasteiger charge is 2.60. The molecule has 0 bridgehead atoms. The van der Waals surface area contributed by atoms with Gasteiger partial charge in [-0.1, -0.05) is 12.1 Å². The summed E-state index contributed by atoms with van der Waals surface area (Å²) in [6.45, 7) is 2.74. The number of carboxylic acids is 1. The van der Waals surface area contributed by atoms with Crippen LogP contribution in [0.15, 0.2) is 18.2 Å². The number of alkyl halides is 1. The number of hydrogen-bond donors (Lipinski definition) is 2. The SMILES string of the molecule is O=C(O)C1CNc2cc(C3CCC([C@@H]4CC45CCN(C(=O)[C@H]4CCCO4)CC5)[C@H](F)C3)ccc2C1. The summed E-state index contributed by atoms with van der Waals surface area (Å²) >= 11 is 0. The Morgan fingerprint density at radius 2 is 2.00 bits per heavy atom. The second-order valence-electron chi connectivity index (χ2n) is 11.7. The predicted molar refractivity (Wildman–Crippen MR) is 130 cm³/mol. The molecule has 5 aliphatic rings. The molecule has 3 unspecified atom stereocenters. The fourth-order valence-electron chi connectivity index (χ4n) is 7.54. The number of rotatable bonds is 4. The van der Waals surface area contributed by atoms with Crippen molar-refractivity contribution in [3.05, 3.63) is 29.3 Å². The molecule has 1 spiro atoms. The van der Waals surface area contributed by atoms with Crippen molar-refractivity contribution in [3.8, 4) is 0 Å². The molecule has 3 heterocycles. The maximum Gasteiger partial charge on any atom is 0.308 e. The van der Waals surface area contributed by atoms with E-state index in [1.54, 1.807) is 0 Å². The van der Waals surface area contributed by atoms with Crippen LogP contribution in [0, 0.1) is 23.2 Å². The van der Waals surface area contributed by atoms with E-state index in [-0.39, 0.29) is 35.2 Å². The summed E-state index contributed by atoms with van der Waals surface area (Å²) in [7, 11) is 0. The fraction of sp³-hybridized carbons (Fsp3) is 0.714. The van der Waals surface area contributed by atoms with Gasteiger partial charge < -0.3 is 20.1 Å². The van der Waals surface area contributed by atoms with E-state index >= 15 is 4.39 Å². The summed E-state index contributed by atoms with van der Waals surface area (Å²) in [5.41, 5.74) is 3.49. The molecule has 6 rings (SSSR count). The lowest BCUT2D eigenvalue weighted by Crippen LogP contribution is -2.44. The number of carboxylic acid groups (broad SMARTS) is 1. The number of piperidine rings is 1. The Balaban J connectivity index is 1.03. The first-order valence-electron chi connectivity index (χ1n) is 13.6. The quantitative estimate of drug-likeness (QED) is 0.663. The molecule has 6 atom stereocenters. The van der Waals surface area contributed by atoms with E-state index in [0.29, 0.717) is 31.9 Å². The number of carbonyl (C=O) groups is 2. The molecular formula is C28H37FN2O4. The molecule has 1 amide bonds. The van der Waals surface area contributed by atoms with Gasteiger partial charge in [0.05, 0.1) is 5.92 Å². The first-order chi connectivity index (χ1) is 16.9. The van der Waals surface area contributed by atoms with Crippen LogP contribution < -0.4 is 5.32 Å². The third kappa shape index (κ3) is 4.34. The van der Waals surface area contributed by atoms with E-state index in [2.05, 4.69) is 17.4 Å². The van der Waals surface area contributed by atoms with Gasteiger partial charge >= 0.3 is 5.97 Å². The van der Waals surface area contributed by atoms with Gasteiger partial charge in [0.1, 0.15) is 12.3 Å². The second kappa shape index (κ2) is 9.06. The molecule has 1 aromatic carbocycles. The average Bonchev–Trinajstić information content (AvgIpc) is 3.27. The van der Waals surface area contributed by atoms with Crippen LogP contribution in [0.1, 0.15) is 68.4 Å². The van der Waals surface area contributed by atoms with Crippen LogP contribution in [0.5, 0.6) is 0 Å². The highest BCUT2D eigenvalue weighted by Crippen LogP contribution is 2.65. The topological polar surface area (TPSA) is 78.9 Å². The minimum atomic E-state index is -0.773. The van der Waals surface area contributed by atoms with Crippen LogP contribution in [0.4, 0.5) is 10.1 Å². The minimum absolute atomic E-state index is 0.152. The van der Waals surface area contributed by atoms with Crippen molar-refractivity contribution in [2.45, 2.75) is 76.0 Å². The van der Waals surface area contributed by atoms with E-state index in [9.17, 15) is 14.7 Å². The number of fused-ring (bicyclic) bond motifs is 1. The van der Waals surface area contributed by atoms with Crippen LogP contribution in [0.25, 0.3) is 0 Å². The van der Waals surface area contributed by atoms with Crippen molar-refractivity contribution in [3.63, 3.8) is 0 Å². The predicted octanol–water partition coefficient (Wildman–Crippen LogP) is 4.38. The molecule has 190 valence electrons.